The summed E-state index contributed by atoms with van der Waals surface area (Å²) < 4.78 is 0. The molecule has 0 saturated carbocycles. The van der Waals surface area contributed by atoms with Gasteiger partial charge in [0.1, 0.15) is 24.4 Å². The number of hydrogen-bond donors (Lipinski definition) is 7. The van der Waals surface area contributed by atoms with Crippen molar-refractivity contribution in [1.29, 1.82) is 0 Å². The highest BCUT2D eigenvalue weighted by Gasteiger charge is 2.29. The lowest BCUT2D eigenvalue weighted by atomic mass is 10.0. The molecule has 0 radical (unpaired) electrons. The smallest absolute Gasteiger partial charge is 0.152 e. The van der Waals surface area contributed by atoms with E-state index in [9.17, 15) is 0 Å². The molecular formula is C6H15NO8. The van der Waals surface area contributed by atoms with Crippen molar-refractivity contribution in [2.75, 3.05) is 13.2 Å². The van der Waals surface area contributed by atoms with Crippen molar-refractivity contribution in [3.05, 3.63) is 4.91 Å². The van der Waals surface area contributed by atoms with Gasteiger partial charge in [-0.25, -0.2) is 0 Å². The summed E-state index contributed by atoms with van der Waals surface area (Å²) in [7, 11) is 0. The van der Waals surface area contributed by atoms with Crippen molar-refractivity contribution in [1.82, 2.24) is 0 Å². The van der Waals surface area contributed by atoms with Crippen LogP contribution in [0.2, 0.25) is 0 Å². The third-order valence-electron chi connectivity index (χ3n) is 1.51. The maximum Gasteiger partial charge on any atom is 0.152 e. The van der Waals surface area contributed by atoms with E-state index in [0.717, 1.165) is 0 Å². The summed E-state index contributed by atoms with van der Waals surface area (Å²) in [5.41, 5.74) is 0. The third kappa shape index (κ3) is 7.13. The predicted molar refractivity (Wildman–Crippen MR) is 45.8 cm³/mol. The second kappa shape index (κ2) is 9.71. The van der Waals surface area contributed by atoms with Gasteiger partial charge in [0.15, 0.2) is 5.34 Å². The molecule has 0 heterocycles. The van der Waals surface area contributed by atoms with Gasteiger partial charge in [-0.15, -0.1) is 4.91 Å². The van der Waals surface area contributed by atoms with Crippen LogP contribution in [0.1, 0.15) is 0 Å². The Balaban J connectivity index is 0. The standard InChI is InChI=1S/C6H14O6.HNO2/c7-1-3(9)5(11)6(12)4(10)2-8;2-1-3/h3-12H,1-2H2;(H,2,3)/t3-,4+,5-,6-;/m1./s1. The molecule has 0 aromatic rings. The number of rotatable bonds is 5. The molecule has 0 bridgehead atoms. The van der Waals surface area contributed by atoms with Crippen molar-refractivity contribution in [3.8, 4) is 0 Å². The molecule has 0 aliphatic rings. The van der Waals surface area contributed by atoms with Gasteiger partial charge in [0.2, 0.25) is 0 Å². The van der Waals surface area contributed by atoms with Crippen LogP contribution in [-0.4, -0.2) is 73.5 Å². The van der Waals surface area contributed by atoms with E-state index in [2.05, 4.69) is 0 Å². The Labute approximate surface area is 84.8 Å². The Bertz CT molecular complexity index is 142. The Morgan fingerprint density at radius 2 is 1.07 bits per heavy atom. The Morgan fingerprint density at radius 1 is 0.867 bits per heavy atom. The van der Waals surface area contributed by atoms with Gasteiger partial charge in [0.25, 0.3) is 0 Å². The van der Waals surface area contributed by atoms with Gasteiger partial charge in [-0.2, -0.15) is 0 Å². The summed E-state index contributed by atoms with van der Waals surface area (Å²) in [5, 5.41) is 60.1. The summed E-state index contributed by atoms with van der Waals surface area (Å²) in [6.45, 7) is -1.45. The molecule has 0 aromatic carbocycles. The first-order valence-corrected chi connectivity index (χ1v) is 3.86. The molecule has 4 atom stereocenters. The fraction of sp³-hybridized carbons (Fsp3) is 1.00. The van der Waals surface area contributed by atoms with Gasteiger partial charge in [-0.3, -0.25) is 0 Å². The van der Waals surface area contributed by atoms with Gasteiger partial charge in [0.05, 0.1) is 13.2 Å². The van der Waals surface area contributed by atoms with Gasteiger partial charge in [-0.1, -0.05) is 0 Å². The van der Waals surface area contributed by atoms with Crippen LogP contribution in [0.25, 0.3) is 0 Å². The fourth-order valence-electron chi connectivity index (χ4n) is 0.671. The molecule has 9 nitrogen and oxygen atoms in total. The van der Waals surface area contributed by atoms with E-state index >= 15 is 0 Å². The number of nitrogens with zero attached hydrogens (tertiary/aromatic N) is 1. The minimum Gasteiger partial charge on any atom is -0.394 e. The summed E-state index contributed by atoms with van der Waals surface area (Å²) in [6.07, 6.45) is -6.39. The van der Waals surface area contributed by atoms with Crippen LogP contribution in [0.4, 0.5) is 0 Å². The van der Waals surface area contributed by atoms with E-state index in [1.165, 1.54) is 5.34 Å². The quantitative estimate of drug-likeness (QED) is 0.188. The van der Waals surface area contributed by atoms with E-state index in [-0.39, 0.29) is 0 Å². The van der Waals surface area contributed by atoms with Crippen LogP contribution in [0.5, 0.6) is 0 Å². The van der Waals surface area contributed by atoms with Crippen molar-refractivity contribution in [2.45, 2.75) is 24.4 Å². The molecule has 0 fully saturated rings. The zero-order chi connectivity index (χ0) is 12.4. The van der Waals surface area contributed by atoms with Crippen molar-refractivity contribution >= 4 is 0 Å². The first-order chi connectivity index (χ1) is 6.95. The van der Waals surface area contributed by atoms with Crippen LogP contribution in [0.15, 0.2) is 5.34 Å². The lowest BCUT2D eigenvalue weighted by molar-refractivity contribution is -0.123. The van der Waals surface area contributed by atoms with Crippen molar-refractivity contribution < 1.29 is 35.8 Å². The minimum absolute atomic E-state index is 0.726. The van der Waals surface area contributed by atoms with Gasteiger partial charge < -0.3 is 35.8 Å². The molecule has 7 N–H and O–H groups in total. The summed E-state index contributed by atoms with van der Waals surface area (Å²) in [4.78, 5) is 8.11. The number of aliphatic hydroxyl groups excluding tert-OH is 6. The highest BCUT2D eigenvalue weighted by atomic mass is 16.6. The predicted octanol–water partition coefficient (Wildman–Crippen LogP) is -3.44. The maximum absolute atomic E-state index is 8.96. The largest absolute Gasteiger partial charge is 0.394 e. The Kier molecular flexibility index (Phi) is 10.7. The first-order valence-electron chi connectivity index (χ1n) is 3.86. The highest BCUT2D eigenvalue weighted by Crippen LogP contribution is 2.03. The number of aliphatic hydroxyl groups is 6. The number of hydrogen-bond acceptors (Lipinski definition) is 8. The highest BCUT2D eigenvalue weighted by molar-refractivity contribution is 4.79. The van der Waals surface area contributed by atoms with Gasteiger partial charge in [0, 0.05) is 0 Å². The van der Waals surface area contributed by atoms with Crippen LogP contribution >= 0.6 is 0 Å². The van der Waals surface area contributed by atoms with Gasteiger partial charge >= 0.3 is 0 Å². The van der Waals surface area contributed by atoms with E-state index in [1.807, 2.05) is 0 Å². The zero-order valence-electron chi connectivity index (χ0n) is 7.71. The molecule has 15 heavy (non-hydrogen) atoms. The molecular weight excluding hydrogens is 214 g/mol. The molecule has 0 unspecified atom stereocenters. The molecule has 9 heteroatoms. The molecule has 0 rings (SSSR count). The van der Waals surface area contributed by atoms with E-state index in [0.29, 0.717) is 0 Å². The lowest BCUT2D eigenvalue weighted by Gasteiger charge is -2.24. The second-order valence-corrected chi connectivity index (χ2v) is 2.56. The first kappa shape index (κ1) is 16.6. The second-order valence-electron chi connectivity index (χ2n) is 2.56. The lowest BCUT2D eigenvalue weighted by Crippen LogP contribution is -2.46. The summed E-state index contributed by atoms with van der Waals surface area (Å²) in [6, 6.07) is 0. The summed E-state index contributed by atoms with van der Waals surface area (Å²) in [5.74, 6) is 0. The average Bonchev–Trinajstić information content (AvgIpc) is 2.25. The molecule has 0 saturated heterocycles. The third-order valence-corrected chi connectivity index (χ3v) is 1.51. The minimum atomic E-state index is -1.67. The molecule has 0 amide bonds. The van der Waals surface area contributed by atoms with E-state index in [4.69, 9.17) is 40.8 Å². The topological polar surface area (TPSA) is 171 Å². The van der Waals surface area contributed by atoms with Crippen molar-refractivity contribution in [3.63, 3.8) is 0 Å². The van der Waals surface area contributed by atoms with Crippen LogP contribution in [-0.2, 0) is 0 Å². The molecule has 92 valence electrons. The zero-order valence-corrected chi connectivity index (χ0v) is 7.71. The van der Waals surface area contributed by atoms with E-state index in [1.54, 1.807) is 0 Å². The summed E-state index contributed by atoms with van der Waals surface area (Å²) >= 11 is 0. The van der Waals surface area contributed by atoms with E-state index < -0.39 is 37.6 Å². The monoisotopic (exact) mass is 229 g/mol. The van der Waals surface area contributed by atoms with Crippen molar-refractivity contribution in [2.24, 2.45) is 5.34 Å². The SMILES string of the molecule is O=NO.OC[C@@H](O)[C@@H](O)[C@H](O)[C@@H](O)CO. The maximum atomic E-state index is 8.96. The molecule has 0 aromatic heterocycles. The molecule has 0 aliphatic heterocycles. The Hall–Kier alpha value is -0.840. The molecule has 0 aliphatic carbocycles. The van der Waals surface area contributed by atoms with Gasteiger partial charge in [-0.05, 0) is 0 Å². The fourth-order valence-corrected chi connectivity index (χ4v) is 0.671. The average molecular weight is 229 g/mol. The van der Waals surface area contributed by atoms with Crippen LogP contribution < -0.4 is 0 Å². The van der Waals surface area contributed by atoms with Crippen LogP contribution in [0, 0.1) is 4.91 Å². The normalized spacial score (nSPS) is 18.0. The molecule has 0 spiro atoms. The Morgan fingerprint density at radius 3 is 1.20 bits per heavy atom. The van der Waals surface area contributed by atoms with Crippen LogP contribution in [0.3, 0.4) is 0 Å².